The van der Waals surface area contributed by atoms with Crippen molar-refractivity contribution >= 4 is 23.4 Å². The summed E-state index contributed by atoms with van der Waals surface area (Å²) >= 11 is 1.27. The van der Waals surface area contributed by atoms with Gasteiger partial charge >= 0.3 is 0 Å². The molecule has 0 spiro atoms. The molecule has 2 aromatic rings. The molecule has 2 rings (SSSR count). The summed E-state index contributed by atoms with van der Waals surface area (Å²) in [5.74, 6) is 6.96. The number of nitrogens with zero attached hydrogens (tertiary/aromatic N) is 3. The molecule has 0 aliphatic rings. The molecule has 1 aromatic heterocycles. The Bertz CT molecular complexity index is 681. The lowest BCUT2D eigenvalue weighted by Crippen LogP contribution is -2.18. The minimum absolute atomic E-state index is 0.0916. The molecule has 0 atom stereocenters. The Morgan fingerprint density at radius 2 is 2.09 bits per heavy atom. The number of amides is 1. The zero-order valence-corrected chi connectivity index (χ0v) is 14.1. The normalized spacial score (nSPS) is 11.0. The monoisotopic (exact) mass is 319 g/mol. The lowest BCUT2D eigenvalue weighted by Gasteiger charge is -2.09. The number of rotatable bonds is 5. The van der Waals surface area contributed by atoms with E-state index in [1.54, 1.807) is 0 Å². The molecule has 1 amide bonds. The van der Waals surface area contributed by atoms with Gasteiger partial charge in [0.15, 0.2) is 5.82 Å². The first-order chi connectivity index (χ1) is 10.4. The van der Waals surface area contributed by atoms with Gasteiger partial charge in [-0.1, -0.05) is 43.3 Å². The third-order valence-corrected chi connectivity index (χ3v) is 4.14. The average Bonchev–Trinajstić information content (AvgIpc) is 2.81. The zero-order valence-electron chi connectivity index (χ0n) is 13.3. The van der Waals surface area contributed by atoms with Gasteiger partial charge in [0.25, 0.3) is 0 Å². The number of hydrogen-bond donors (Lipinski definition) is 2. The number of aryl methyl sites for hydroxylation is 2. The van der Waals surface area contributed by atoms with Gasteiger partial charge in [-0.3, -0.25) is 4.79 Å². The smallest absolute Gasteiger partial charge is 0.234 e. The van der Waals surface area contributed by atoms with E-state index in [4.69, 9.17) is 5.84 Å². The van der Waals surface area contributed by atoms with E-state index >= 15 is 0 Å². The highest BCUT2D eigenvalue weighted by Gasteiger charge is 2.14. The third-order valence-electron chi connectivity index (χ3n) is 3.20. The van der Waals surface area contributed by atoms with Crippen LogP contribution in [0.2, 0.25) is 0 Å². The second-order valence-corrected chi connectivity index (χ2v) is 6.46. The van der Waals surface area contributed by atoms with E-state index in [1.165, 1.54) is 22.0 Å². The van der Waals surface area contributed by atoms with Crippen LogP contribution in [0, 0.1) is 13.8 Å². The van der Waals surface area contributed by atoms with Crippen molar-refractivity contribution in [1.82, 2.24) is 14.9 Å². The van der Waals surface area contributed by atoms with Crippen molar-refractivity contribution < 1.29 is 4.79 Å². The number of nitrogens with two attached hydrogens (primary N) is 1. The standard InChI is InChI=1S/C15H21N5OS/c1-9(2)14-18-19-15(20(14)16)22-8-13(21)17-12-6-5-10(3)7-11(12)4/h5-7,9H,8,16H2,1-4H3,(H,17,21). The van der Waals surface area contributed by atoms with Crippen LogP contribution >= 0.6 is 11.8 Å². The third kappa shape index (κ3) is 3.79. The highest BCUT2D eigenvalue weighted by Crippen LogP contribution is 2.20. The number of anilines is 1. The number of carbonyl (C=O) groups is 1. The van der Waals surface area contributed by atoms with E-state index in [1.807, 2.05) is 45.9 Å². The summed E-state index contributed by atoms with van der Waals surface area (Å²) in [5.41, 5.74) is 3.04. The van der Waals surface area contributed by atoms with Crippen LogP contribution in [0.1, 0.15) is 36.7 Å². The maximum atomic E-state index is 12.0. The molecule has 0 bridgehead atoms. The molecular formula is C15H21N5OS. The molecule has 1 heterocycles. The number of thioether (sulfide) groups is 1. The van der Waals surface area contributed by atoms with Gasteiger partial charge in [0.1, 0.15) is 0 Å². The van der Waals surface area contributed by atoms with Crippen LogP contribution in [0.15, 0.2) is 23.4 Å². The molecule has 6 nitrogen and oxygen atoms in total. The maximum absolute atomic E-state index is 12.0. The van der Waals surface area contributed by atoms with Crippen LogP contribution in [0.25, 0.3) is 0 Å². The largest absolute Gasteiger partial charge is 0.336 e. The summed E-state index contributed by atoms with van der Waals surface area (Å²) in [5, 5.41) is 11.5. The molecule has 1 aromatic carbocycles. The van der Waals surface area contributed by atoms with Crippen molar-refractivity contribution in [2.45, 2.75) is 38.8 Å². The SMILES string of the molecule is Cc1ccc(NC(=O)CSc2nnc(C(C)C)n2N)c(C)c1. The minimum Gasteiger partial charge on any atom is -0.336 e. The fraction of sp³-hybridized carbons (Fsp3) is 0.400. The maximum Gasteiger partial charge on any atom is 0.234 e. The Balaban J connectivity index is 1.96. The first-order valence-corrected chi connectivity index (χ1v) is 8.07. The summed E-state index contributed by atoms with van der Waals surface area (Å²) in [6.45, 7) is 7.99. The molecule has 0 aliphatic heterocycles. The number of nitrogens with one attached hydrogen (secondary N) is 1. The number of carbonyl (C=O) groups excluding carboxylic acids is 1. The van der Waals surface area contributed by atoms with E-state index in [-0.39, 0.29) is 17.6 Å². The summed E-state index contributed by atoms with van der Waals surface area (Å²) in [4.78, 5) is 12.0. The fourth-order valence-electron chi connectivity index (χ4n) is 2.05. The molecule has 0 aliphatic carbocycles. The Morgan fingerprint density at radius 1 is 1.36 bits per heavy atom. The highest BCUT2D eigenvalue weighted by molar-refractivity contribution is 7.99. The van der Waals surface area contributed by atoms with Gasteiger partial charge in [-0.15, -0.1) is 10.2 Å². The van der Waals surface area contributed by atoms with Gasteiger partial charge in [0.05, 0.1) is 5.75 Å². The van der Waals surface area contributed by atoms with E-state index in [0.717, 1.165) is 11.3 Å². The topological polar surface area (TPSA) is 85.8 Å². The van der Waals surface area contributed by atoms with Crippen molar-refractivity contribution in [3.8, 4) is 0 Å². The highest BCUT2D eigenvalue weighted by atomic mass is 32.2. The van der Waals surface area contributed by atoms with E-state index < -0.39 is 0 Å². The fourth-order valence-corrected chi connectivity index (χ4v) is 2.71. The molecule has 0 saturated carbocycles. The molecule has 3 N–H and O–H groups in total. The van der Waals surface area contributed by atoms with Crippen LogP contribution in [0.4, 0.5) is 5.69 Å². The Morgan fingerprint density at radius 3 is 2.68 bits per heavy atom. The Kier molecular flexibility index (Phi) is 5.07. The lowest BCUT2D eigenvalue weighted by molar-refractivity contribution is -0.113. The molecule has 22 heavy (non-hydrogen) atoms. The van der Waals surface area contributed by atoms with E-state index in [0.29, 0.717) is 11.0 Å². The van der Waals surface area contributed by atoms with Crippen molar-refractivity contribution in [2.24, 2.45) is 0 Å². The number of aromatic nitrogens is 3. The van der Waals surface area contributed by atoms with Crippen LogP contribution < -0.4 is 11.2 Å². The molecular weight excluding hydrogens is 298 g/mol. The summed E-state index contributed by atoms with van der Waals surface area (Å²) in [6, 6.07) is 5.92. The predicted octanol–water partition coefficient (Wildman–Crippen LogP) is 2.46. The first kappa shape index (κ1) is 16.4. The van der Waals surface area contributed by atoms with E-state index in [9.17, 15) is 4.79 Å². The van der Waals surface area contributed by atoms with Gasteiger partial charge in [0, 0.05) is 11.6 Å². The van der Waals surface area contributed by atoms with Crippen LogP contribution in [0.5, 0.6) is 0 Å². The second-order valence-electron chi connectivity index (χ2n) is 5.52. The van der Waals surface area contributed by atoms with E-state index in [2.05, 4.69) is 15.5 Å². The van der Waals surface area contributed by atoms with Crippen molar-refractivity contribution in [2.75, 3.05) is 16.9 Å². The lowest BCUT2D eigenvalue weighted by atomic mass is 10.1. The Labute approximate surface area is 134 Å². The molecule has 0 saturated heterocycles. The van der Waals surface area contributed by atoms with Gasteiger partial charge < -0.3 is 11.2 Å². The molecule has 7 heteroatoms. The summed E-state index contributed by atoms with van der Waals surface area (Å²) in [7, 11) is 0. The van der Waals surface area contributed by atoms with Crippen molar-refractivity contribution in [1.29, 1.82) is 0 Å². The minimum atomic E-state index is -0.0916. The van der Waals surface area contributed by atoms with Gasteiger partial charge in [0.2, 0.25) is 11.1 Å². The molecule has 0 unspecified atom stereocenters. The van der Waals surface area contributed by atoms with Crippen LogP contribution in [-0.2, 0) is 4.79 Å². The zero-order chi connectivity index (χ0) is 16.3. The van der Waals surface area contributed by atoms with Gasteiger partial charge in [-0.25, -0.2) is 4.68 Å². The summed E-state index contributed by atoms with van der Waals surface area (Å²) in [6.07, 6.45) is 0. The quantitative estimate of drug-likeness (QED) is 0.653. The van der Waals surface area contributed by atoms with Crippen molar-refractivity contribution in [3.63, 3.8) is 0 Å². The molecule has 118 valence electrons. The molecule has 0 fully saturated rings. The van der Waals surface area contributed by atoms with Gasteiger partial charge in [-0.05, 0) is 25.5 Å². The second kappa shape index (κ2) is 6.83. The predicted molar refractivity (Wildman–Crippen MR) is 89.5 cm³/mol. The number of nitrogen functional groups attached to an aromatic ring is 1. The number of hydrogen-bond acceptors (Lipinski definition) is 5. The molecule has 0 radical (unpaired) electrons. The summed E-state index contributed by atoms with van der Waals surface area (Å²) < 4.78 is 1.44. The van der Waals surface area contributed by atoms with Gasteiger partial charge in [-0.2, -0.15) is 0 Å². The average molecular weight is 319 g/mol. The first-order valence-electron chi connectivity index (χ1n) is 7.08. The Hall–Kier alpha value is -2.02. The van der Waals surface area contributed by atoms with Crippen molar-refractivity contribution in [3.05, 3.63) is 35.2 Å². The number of benzene rings is 1. The van der Waals surface area contributed by atoms with Crippen LogP contribution in [0.3, 0.4) is 0 Å². The van der Waals surface area contributed by atoms with Crippen LogP contribution in [-0.4, -0.2) is 26.5 Å².